The second-order valence-corrected chi connectivity index (χ2v) is 10.4. The van der Waals surface area contributed by atoms with E-state index in [-0.39, 0.29) is 24.4 Å². The summed E-state index contributed by atoms with van der Waals surface area (Å²) < 4.78 is 103. The lowest BCUT2D eigenvalue weighted by Crippen LogP contribution is -2.33. The van der Waals surface area contributed by atoms with Gasteiger partial charge in [0, 0.05) is 13.1 Å². The highest BCUT2D eigenvalue weighted by atomic mass is 32.2. The van der Waals surface area contributed by atoms with E-state index in [2.05, 4.69) is 6.58 Å². The standard InChI is InChI=1S/C19H19F4NO4S2/c1-2-11-24(12-4-13-29(25,26)17-9-7-16(20)8-10-17)30(27,28)18-6-3-5-15(14-18)19(21,22)23/h2-3,5-10,14H,1,4,11-13H2. The normalized spacial score (nSPS) is 12.8. The minimum Gasteiger partial charge on any atom is -0.224 e. The Balaban J connectivity index is 2.19. The molecule has 0 fully saturated rings. The highest BCUT2D eigenvalue weighted by Gasteiger charge is 2.33. The van der Waals surface area contributed by atoms with Crippen molar-refractivity contribution >= 4 is 19.9 Å². The second kappa shape index (κ2) is 9.27. The zero-order valence-corrected chi connectivity index (χ0v) is 17.3. The molecule has 164 valence electrons. The smallest absolute Gasteiger partial charge is 0.224 e. The summed E-state index contributed by atoms with van der Waals surface area (Å²) in [5.41, 5.74) is -1.11. The van der Waals surface area contributed by atoms with Crippen LogP contribution >= 0.6 is 0 Å². The third kappa shape index (κ3) is 5.89. The lowest BCUT2D eigenvalue weighted by atomic mass is 10.2. The molecule has 2 aromatic carbocycles. The van der Waals surface area contributed by atoms with Gasteiger partial charge >= 0.3 is 6.18 Å². The first-order valence-electron chi connectivity index (χ1n) is 8.64. The number of sulfonamides is 1. The van der Waals surface area contributed by atoms with Crippen molar-refractivity contribution in [3.63, 3.8) is 0 Å². The zero-order chi connectivity index (χ0) is 22.6. The van der Waals surface area contributed by atoms with Gasteiger partial charge in [0.1, 0.15) is 5.82 Å². The molecule has 11 heteroatoms. The van der Waals surface area contributed by atoms with Crippen molar-refractivity contribution in [2.75, 3.05) is 18.8 Å². The number of rotatable bonds is 9. The number of halogens is 4. The lowest BCUT2D eigenvalue weighted by molar-refractivity contribution is -0.137. The number of benzene rings is 2. The number of sulfone groups is 1. The SMILES string of the molecule is C=CCN(CCCS(=O)(=O)c1ccc(F)cc1)S(=O)(=O)c1cccc(C(F)(F)F)c1. The van der Waals surface area contributed by atoms with Gasteiger partial charge in [-0.25, -0.2) is 21.2 Å². The topological polar surface area (TPSA) is 71.5 Å². The third-order valence-electron chi connectivity index (χ3n) is 4.13. The fourth-order valence-corrected chi connectivity index (χ4v) is 5.42. The van der Waals surface area contributed by atoms with Gasteiger partial charge in [0.05, 0.1) is 21.1 Å². The third-order valence-corrected chi connectivity index (χ3v) is 7.80. The molecule has 0 heterocycles. The molecule has 0 aliphatic carbocycles. The van der Waals surface area contributed by atoms with Crippen molar-refractivity contribution in [2.45, 2.75) is 22.4 Å². The van der Waals surface area contributed by atoms with Crippen LogP contribution in [-0.2, 0) is 26.0 Å². The van der Waals surface area contributed by atoms with E-state index in [9.17, 15) is 34.4 Å². The Hall–Kier alpha value is -2.24. The van der Waals surface area contributed by atoms with Crippen LogP contribution in [-0.4, -0.2) is 40.0 Å². The fraction of sp³-hybridized carbons (Fsp3) is 0.263. The number of nitrogens with zero attached hydrogens (tertiary/aromatic N) is 1. The molecule has 0 saturated carbocycles. The van der Waals surface area contributed by atoms with Crippen LogP contribution in [0.15, 0.2) is 71.0 Å². The van der Waals surface area contributed by atoms with E-state index < -0.39 is 48.1 Å². The van der Waals surface area contributed by atoms with Crippen LogP contribution < -0.4 is 0 Å². The summed E-state index contributed by atoms with van der Waals surface area (Å²) in [6.07, 6.45) is -3.58. The molecule has 5 nitrogen and oxygen atoms in total. The van der Waals surface area contributed by atoms with E-state index in [1.165, 1.54) is 6.08 Å². The maximum atomic E-state index is 13.0. The summed E-state index contributed by atoms with van der Waals surface area (Å²) >= 11 is 0. The maximum Gasteiger partial charge on any atom is 0.416 e. The summed E-state index contributed by atoms with van der Waals surface area (Å²) in [6.45, 7) is 2.97. The summed E-state index contributed by atoms with van der Waals surface area (Å²) in [4.78, 5) is -0.666. The molecule has 0 unspecified atom stereocenters. The van der Waals surface area contributed by atoms with Gasteiger partial charge in [0.25, 0.3) is 0 Å². The van der Waals surface area contributed by atoms with Gasteiger partial charge in [0.2, 0.25) is 10.0 Å². The first kappa shape index (κ1) is 24.0. The fourth-order valence-electron chi connectivity index (χ4n) is 2.63. The number of hydrogen-bond donors (Lipinski definition) is 0. The van der Waals surface area contributed by atoms with Gasteiger partial charge < -0.3 is 0 Å². The molecular formula is C19H19F4NO4S2. The van der Waals surface area contributed by atoms with E-state index in [4.69, 9.17) is 0 Å². The Morgan fingerprint density at radius 1 is 0.967 bits per heavy atom. The van der Waals surface area contributed by atoms with Crippen LogP contribution in [0.4, 0.5) is 17.6 Å². The van der Waals surface area contributed by atoms with Crippen molar-refractivity contribution in [2.24, 2.45) is 0 Å². The monoisotopic (exact) mass is 465 g/mol. The molecule has 0 aliphatic rings. The molecule has 0 atom stereocenters. The molecule has 0 saturated heterocycles. The van der Waals surface area contributed by atoms with Crippen LogP contribution in [0.2, 0.25) is 0 Å². The Kier molecular flexibility index (Phi) is 7.43. The average Bonchev–Trinajstić information content (AvgIpc) is 2.67. The van der Waals surface area contributed by atoms with Gasteiger partial charge in [0.15, 0.2) is 9.84 Å². The zero-order valence-electron chi connectivity index (χ0n) is 15.6. The second-order valence-electron chi connectivity index (χ2n) is 6.30. The number of alkyl halides is 3. The van der Waals surface area contributed by atoms with Gasteiger partial charge in [-0.15, -0.1) is 6.58 Å². The Bertz CT molecular complexity index is 1100. The van der Waals surface area contributed by atoms with Crippen LogP contribution in [0.1, 0.15) is 12.0 Å². The molecule has 0 amide bonds. The highest BCUT2D eigenvalue weighted by Crippen LogP contribution is 2.31. The van der Waals surface area contributed by atoms with Crippen molar-refractivity contribution in [3.05, 3.63) is 72.6 Å². The largest absolute Gasteiger partial charge is 0.416 e. The Labute approximate surface area is 172 Å². The lowest BCUT2D eigenvalue weighted by Gasteiger charge is -2.21. The predicted octanol–water partition coefficient (Wildman–Crippen LogP) is 3.89. The molecule has 0 aliphatic heterocycles. The summed E-state index contributed by atoms with van der Waals surface area (Å²) in [5.74, 6) is -1.03. The Morgan fingerprint density at radius 3 is 2.17 bits per heavy atom. The summed E-state index contributed by atoms with van der Waals surface area (Å²) in [6, 6.07) is 7.50. The minimum absolute atomic E-state index is 0.111. The molecule has 2 rings (SSSR count). The molecule has 0 aromatic heterocycles. The van der Waals surface area contributed by atoms with E-state index in [0.717, 1.165) is 46.8 Å². The molecule has 0 radical (unpaired) electrons. The first-order chi connectivity index (χ1) is 13.9. The maximum absolute atomic E-state index is 13.0. The van der Waals surface area contributed by atoms with Gasteiger partial charge in [-0.05, 0) is 48.9 Å². The average molecular weight is 465 g/mol. The van der Waals surface area contributed by atoms with Crippen molar-refractivity contribution < 1.29 is 34.4 Å². The van der Waals surface area contributed by atoms with Crippen molar-refractivity contribution in [1.29, 1.82) is 0 Å². The first-order valence-corrected chi connectivity index (χ1v) is 11.7. The Morgan fingerprint density at radius 2 is 1.60 bits per heavy atom. The van der Waals surface area contributed by atoms with Crippen LogP contribution in [0.3, 0.4) is 0 Å². The van der Waals surface area contributed by atoms with E-state index in [1.807, 2.05) is 0 Å². The minimum atomic E-state index is -4.71. The van der Waals surface area contributed by atoms with Crippen LogP contribution in [0.5, 0.6) is 0 Å². The van der Waals surface area contributed by atoms with E-state index in [1.54, 1.807) is 0 Å². The summed E-state index contributed by atoms with van der Waals surface area (Å²) in [5, 5.41) is 0. The molecule has 0 spiro atoms. The summed E-state index contributed by atoms with van der Waals surface area (Å²) in [7, 11) is -8.10. The van der Waals surface area contributed by atoms with Gasteiger partial charge in [-0.2, -0.15) is 17.5 Å². The number of hydrogen-bond acceptors (Lipinski definition) is 4. The van der Waals surface area contributed by atoms with Crippen molar-refractivity contribution in [1.82, 2.24) is 4.31 Å². The van der Waals surface area contributed by atoms with Crippen LogP contribution in [0.25, 0.3) is 0 Å². The van der Waals surface area contributed by atoms with Crippen molar-refractivity contribution in [3.8, 4) is 0 Å². The molecule has 2 aromatic rings. The van der Waals surface area contributed by atoms with Crippen LogP contribution in [0, 0.1) is 5.82 Å². The predicted molar refractivity (Wildman–Crippen MR) is 103 cm³/mol. The molecule has 30 heavy (non-hydrogen) atoms. The molecular weight excluding hydrogens is 446 g/mol. The quantitative estimate of drug-likeness (QED) is 0.320. The van der Waals surface area contributed by atoms with Gasteiger partial charge in [-0.3, -0.25) is 0 Å². The molecule has 0 N–H and O–H groups in total. The molecule has 0 bridgehead atoms. The van der Waals surface area contributed by atoms with E-state index in [0.29, 0.717) is 6.07 Å². The highest BCUT2D eigenvalue weighted by molar-refractivity contribution is 7.91. The van der Waals surface area contributed by atoms with E-state index >= 15 is 0 Å². The van der Waals surface area contributed by atoms with Gasteiger partial charge in [-0.1, -0.05) is 12.1 Å².